The molecule has 0 unspecified atom stereocenters. The number of benzene rings is 4. The second-order valence-corrected chi connectivity index (χ2v) is 9.81. The minimum Gasteiger partial charge on any atom is -0.497 e. The van der Waals surface area contributed by atoms with E-state index in [-0.39, 0.29) is 11.8 Å². The number of aryl methyl sites for hydroxylation is 1. The third kappa shape index (κ3) is 8.04. The maximum atomic E-state index is 13.3. The molecule has 1 atom stereocenters. The summed E-state index contributed by atoms with van der Waals surface area (Å²) in [6.07, 6.45) is 0.335. The van der Waals surface area contributed by atoms with Crippen molar-refractivity contribution in [2.75, 3.05) is 39.7 Å². The van der Waals surface area contributed by atoms with Gasteiger partial charge in [0.2, 0.25) is 5.91 Å². The normalized spacial score (nSPS) is 11.2. The quantitative estimate of drug-likeness (QED) is 0.191. The maximum Gasteiger partial charge on any atom is 0.251 e. The molecule has 0 bridgehead atoms. The lowest BCUT2D eigenvalue weighted by atomic mass is 9.99. The van der Waals surface area contributed by atoms with Crippen LogP contribution in [0, 0.1) is 6.92 Å². The number of ether oxygens (including phenoxy) is 3. The van der Waals surface area contributed by atoms with Crippen LogP contribution in [0.1, 0.15) is 21.5 Å². The molecule has 42 heavy (non-hydrogen) atoms. The Kier molecular flexibility index (Phi) is 10.4. The fourth-order valence-electron chi connectivity index (χ4n) is 4.55. The number of anilines is 1. The SMILES string of the molecule is COc1ccc(NCCNC(=O)[C@H](Cc2ccc(-c3ccc(OC)c(OC)c3)cc2)NC(=O)c2cccc(C)c2)cc1. The van der Waals surface area contributed by atoms with Crippen LogP contribution < -0.4 is 30.2 Å². The fraction of sp³-hybridized carbons (Fsp3) is 0.235. The highest BCUT2D eigenvalue weighted by Gasteiger charge is 2.22. The third-order valence-electron chi connectivity index (χ3n) is 6.86. The van der Waals surface area contributed by atoms with E-state index in [1.165, 1.54) is 0 Å². The zero-order chi connectivity index (χ0) is 29.9. The van der Waals surface area contributed by atoms with Crippen molar-refractivity contribution in [3.8, 4) is 28.4 Å². The predicted octanol–water partition coefficient (Wildman–Crippen LogP) is 5.26. The Morgan fingerprint density at radius 1 is 0.738 bits per heavy atom. The lowest BCUT2D eigenvalue weighted by Crippen LogP contribution is -2.48. The number of nitrogens with one attached hydrogen (secondary N) is 3. The van der Waals surface area contributed by atoms with Gasteiger partial charge in [0.25, 0.3) is 5.91 Å². The van der Waals surface area contributed by atoms with Crippen molar-refractivity contribution in [1.29, 1.82) is 0 Å². The van der Waals surface area contributed by atoms with Gasteiger partial charge in [-0.2, -0.15) is 0 Å². The smallest absolute Gasteiger partial charge is 0.251 e. The Bertz CT molecular complexity index is 1490. The van der Waals surface area contributed by atoms with Crippen LogP contribution in [0.15, 0.2) is 91.0 Å². The van der Waals surface area contributed by atoms with E-state index in [0.717, 1.165) is 33.7 Å². The van der Waals surface area contributed by atoms with Gasteiger partial charge in [0.1, 0.15) is 11.8 Å². The number of carbonyl (C=O) groups is 2. The summed E-state index contributed by atoms with van der Waals surface area (Å²) in [5.41, 5.74) is 5.29. The minimum atomic E-state index is -0.758. The van der Waals surface area contributed by atoms with Crippen molar-refractivity contribution < 1.29 is 23.8 Å². The van der Waals surface area contributed by atoms with Gasteiger partial charge in [0, 0.05) is 30.8 Å². The Morgan fingerprint density at radius 3 is 2.12 bits per heavy atom. The molecule has 218 valence electrons. The summed E-state index contributed by atoms with van der Waals surface area (Å²) in [6, 6.07) is 27.8. The molecular formula is C34H37N3O5. The van der Waals surface area contributed by atoms with E-state index in [1.807, 2.05) is 85.8 Å². The Labute approximate surface area is 247 Å². The van der Waals surface area contributed by atoms with E-state index < -0.39 is 6.04 Å². The van der Waals surface area contributed by atoms with Crippen LogP contribution in [-0.2, 0) is 11.2 Å². The minimum absolute atomic E-state index is 0.253. The summed E-state index contributed by atoms with van der Waals surface area (Å²) in [7, 11) is 4.84. The molecule has 0 saturated heterocycles. The number of amides is 2. The number of methoxy groups -OCH3 is 3. The van der Waals surface area contributed by atoms with Gasteiger partial charge in [-0.15, -0.1) is 0 Å². The average molecular weight is 568 g/mol. The van der Waals surface area contributed by atoms with Crippen LogP contribution in [0.4, 0.5) is 5.69 Å². The molecule has 0 radical (unpaired) electrons. The number of carbonyl (C=O) groups excluding carboxylic acids is 2. The van der Waals surface area contributed by atoms with E-state index in [1.54, 1.807) is 33.5 Å². The lowest BCUT2D eigenvalue weighted by Gasteiger charge is -2.19. The van der Waals surface area contributed by atoms with Gasteiger partial charge in [-0.1, -0.05) is 48.0 Å². The Morgan fingerprint density at radius 2 is 1.45 bits per heavy atom. The van der Waals surface area contributed by atoms with Crippen molar-refractivity contribution >= 4 is 17.5 Å². The number of hydrogen-bond donors (Lipinski definition) is 3. The van der Waals surface area contributed by atoms with Crippen LogP contribution in [-0.4, -0.2) is 52.3 Å². The molecule has 0 aromatic heterocycles. The van der Waals surface area contributed by atoms with Crippen LogP contribution in [0.25, 0.3) is 11.1 Å². The first-order valence-corrected chi connectivity index (χ1v) is 13.7. The van der Waals surface area contributed by atoms with Gasteiger partial charge < -0.3 is 30.2 Å². The molecule has 0 saturated carbocycles. The zero-order valence-corrected chi connectivity index (χ0v) is 24.4. The van der Waals surface area contributed by atoms with Gasteiger partial charge in [-0.25, -0.2) is 0 Å². The molecule has 8 heteroatoms. The molecule has 8 nitrogen and oxygen atoms in total. The van der Waals surface area contributed by atoms with E-state index >= 15 is 0 Å². The molecule has 3 N–H and O–H groups in total. The van der Waals surface area contributed by atoms with Crippen molar-refractivity contribution in [3.63, 3.8) is 0 Å². The summed E-state index contributed by atoms with van der Waals surface area (Å²) in [6.45, 7) is 2.84. The fourth-order valence-corrected chi connectivity index (χ4v) is 4.55. The van der Waals surface area contributed by atoms with E-state index in [2.05, 4.69) is 16.0 Å². The first kappa shape index (κ1) is 30.0. The third-order valence-corrected chi connectivity index (χ3v) is 6.86. The number of hydrogen-bond acceptors (Lipinski definition) is 6. The topological polar surface area (TPSA) is 97.9 Å². The standard InChI is InChI=1S/C34H37N3O5/c1-23-6-5-7-27(20-23)33(38)37-30(34(39)36-19-18-35-28-13-15-29(40-2)16-14-28)21-24-8-10-25(11-9-24)26-12-17-31(41-3)32(22-26)42-4/h5-17,20,22,30,35H,18-19,21H2,1-4H3,(H,36,39)(H,37,38)/t30-/m0/s1. The molecule has 2 amide bonds. The van der Waals surface area contributed by atoms with Crippen molar-refractivity contribution in [2.45, 2.75) is 19.4 Å². The lowest BCUT2D eigenvalue weighted by molar-refractivity contribution is -0.122. The second-order valence-electron chi connectivity index (χ2n) is 9.81. The molecule has 4 rings (SSSR count). The highest BCUT2D eigenvalue weighted by atomic mass is 16.5. The zero-order valence-electron chi connectivity index (χ0n) is 24.4. The molecule has 0 aliphatic carbocycles. The Hall–Kier alpha value is -4.98. The molecule has 0 spiro atoms. The summed E-state index contributed by atoms with van der Waals surface area (Å²) in [5.74, 6) is 1.54. The molecule has 0 aliphatic rings. The van der Waals surface area contributed by atoms with Gasteiger partial charge >= 0.3 is 0 Å². The van der Waals surface area contributed by atoms with Crippen molar-refractivity contribution in [1.82, 2.24) is 10.6 Å². The van der Waals surface area contributed by atoms with Gasteiger partial charge in [0.15, 0.2) is 11.5 Å². The summed E-state index contributed by atoms with van der Waals surface area (Å²) in [4.78, 5) is 26.4. The van der Waals surface area contributed by atoms with Crippen LogP contribution in [0.2, 0.25) is 0 Å². The van der Waals surface area contributed by atoms with Crippen molar-refractivity contribution in [3.05, 3.63) is 108 Å². The largest absolute Gasteiger partial charge is 0.497 e. The summed E-state index contributed by atoms with van der Waals surface area (Å²) < 4.78 is 16.0. The van der Waals surface area contributed by atoms with Crippen LogP contribution in [0.3, 0.4) is 0 Å². The highest BCUT2D eigenvalue weighted by Crippen LogP contribution is 2.32. The van der Waals surface area contributed by atoms with Crippen molar-refractivity contribution in [2.24, 2.45) is 0 Å². The van der Waals surface area contributed by atoms with Gasteiger partial charge in [-0.3, -0.25) is 9.59 Å². The van der Waals surface area contributed by atoms with E-state index in [0.29, 0.717) is 36.6 Å². The number of rotatable bonds is 13. The first-order valence-electron chi connectivity index (χ1n) is 13.7. The van der Waals surface area contributed by atoms with Crippen LogP contribution in [0.5, 0.6) is 17.2 Å². The summed E-state index contributed by atoms with van der Waals surface area (Å²) >= 11 is 0. The second kappa shape index (κ2) is 14.6. The molecule has 0 aliphatic heterocycles. The Balaban J connectivity index is 1.44. The predicted molar refractivity (Wildman–Crippen MR) is 166 cm³/mol. The monoisotopic (exact) mass is 567 g/mol. The maximum absolute atomic E-state index is 13.3. The average Bonchev–Trinajstić information content (AvgIpc) is 3.02. The van der Waals surface area contributed by atoms with E-state index in [4.69, 9.17) is 14.2 Å². The molecule has 4 aromatic carbocycles. The van der Waals surface area contributed by atoms with E-state index in [9.17, 15) is 9.59 Å². The molecular weight excluding hydrogens is 530 g/mol. The van der Waals surface area contributed by atoms with Gasteiger partial charge in [0.05, 0.1) is 21.3 Å². The summed E-state index contributed by atoms with van der Waals surface area (Å²) in [5, 5.41) is 9.17. The van der Waals surface area contributed by atoms with Gasteiger partial charge in [-0.05, 0) is 72.1 Å². The molecule has 0 heterocycles. The molecule has 4 aromatic rings. The first-order chi connectivity index (χ1) is 20.4. The molecule has 0 fully saturated rings. The van der Waals surface area contributed by atoms with Crippen LogP contribution >= 0.6 is 0 Å². The highest BCUT2D eigenvalue weighted by molar-refractivity contribution is 5.97.